The summed E-state index contributed by atoms with van der Waals surface area (Å²) in [6.45, 7) is 1.13. The van der Waals surface area contributed by atoms with Crippen LogP contribution in [0.3, 0.4) is 0 Å². The topological polar surface area (TPSA) is 65.0 Å². The van der Waals surface area contributed by atoms with Crippen molar-refractivity contribution in [3.8, 4) is 0 Å². The zero-order valence-electron chi connectivity index (χ0n) is 12.4. The summed E-state index contributed by atoms with van der Waals surface area (Å²) < 4.78 is 47.8. The molecule has 0 bridgehead atoms. The molecule has 0 radical (unpaired) electrons. The highest BCUT2D eigenvalue weighted by Crippen LogP contribution is 2.23. The van der Waals surface area contributed by atoms with Crippen molar-refractivity contribution in [1.29, 1.82) is 0 Å². The molecule has 0 saturated heterocycles. The molecule has 0 aliphatic rings. The van der Waals surface area contributed by atoms with E-state index < -0.39 is 23.8 Å². The Balaban J connectivity index is 3.42. The van der Waals surface area contributed by atoms with Crippen LogP contribution in [-0.4, -0.2) is 37.5 Å². The van der Waals surface area contributed by atoms with Crippen LogP contribution in [0.1, 0.15) is 12.5 Å². The highest BCUT2D eigenvalue weighted by atomic mass is 19.4. The first kappa shape index (κ1) is 18.4. The highest BCUT2D eigenvalue weighted by molar-refractivity contribution is 6.39. The third kappa shape index (κ3) is 5.57. The van der Waals surface area contributed by atoms with E-state index in [0.717, 1.165) is 13.2 Å². The Bertz CT molecular complexity index is 621. The Labute approximate surface area is 130 Å². The number of methoxy groups -OCH3 is 1. The number of hydrogen-bond acceptors (Lipinski definition) is 5. The molecule has 124 valence electrons. The number of rotatable bonds is 5. The summed E-state index contributed by atoms with van der Waals surface area (Å²) >= 11 is 0. The fourth-order valence-electron chi connectivity index (χ4n) is 1.50. The van der Waals surface area contributed by atoms with E-state index in [2.05, 4.69) is 14.5 Å². The second kappa shape index (κ2) is 8.11. The fraction of sp³-hybridized carbons (Fsp3) is 0.267. The molecule has 23 heavy (non-hydrogen) atoms. The molecule has 0 amide bonds. The van der Waals surface area contributed by atoms with Gasteiger partial charge in [0, 0.05) is 11.6 Å². The first-order valence-electron chi connectivity index (χ1n) is 6.47. The summed E-state index contributed by atoms with van der Waals surface area (Å²) in [5.74, 6) is -2.52. The largest absolute Gasteiger partial charge is 0.466 e. The number of ether oxygens (including phenoxy) is 2. The summed E-state index contributed by atoms with van der Waals surface area (Å²) in [6.07, 6.45) is -4.27. The van der Waals surface area contributed by atoms with Crippen molar-refractivity contribution in [3.05, 3.63) is 42.0 Å². The number of esters is 2. The molecule has 0 fully saturated rings. The molecule has 1 aromatic carbocycles. The van der Waals surface area contributed by atoms with Gasteiger partial charge in [0.2, 0.25) is 5.71 Å². The number of halogens is 3. The number of benzene rings is 1. The Hall–Kier alpha value is -2.64. The maximum Gasteiger partial charge on any atom is 0.440 e. The van der Waals surface area contributed by atoms with Crippen molar-refractivity contribution >= 4 is 23.3 Å². The second-order valence-electron chi connectivity index (χ2n) is 4.10. The molecule has 8 heteroatoms. The summed E-state index contributed by atoms with van der Waals surface area (Å²) in [5, 5.41) is 0. The van der Waals surface area contributed by atoms with Crippen molar-refractivity contribution in [1.82, 2.24) is 0 Å². The van der Waals surface area contributed by atoms with Crippen molar-refractivity contribution in [2.75, 3.05) is 13.7 Å². The van der Waals surface area contributed by atoms with Crippen molar-refractivity contribution in [2.24, 2.45) is 4.99 Å². The van der Waals surface area contributed by atoms with Crippen LogP contribution >= 0.6 is 0 Å². The van der Waals surface area contributed by atoms with Gasteiger partial charge in [-0.1, -0.05) is 30.3 Å². The zero-order valence-corrected chi connectivity index (χ0v) is 12.4. The molecule has 0 heterocycles. The lowest BCUT2D eigenvalue weighted by atomic mass is 10.1. The van der Waals surface area contributed by atoms with Gasteiger partial charge in [-0.15, -0.1) is 0 Å². The summed E-state index contributed by atoms with van der Waals surface area (Å²) in [4.78, 5) is 26.2. The van der Waals surface area contributed by atoms with E-state index in [1.54, 1.807) is 18.2 Å². The summed E-state index contributed by atoms with van der Waals surface area (Å²) in [5.41, 5.74) is -1.90. The molecule has 5 nitrogen and oxygen atoms in total. The van der Waals surface area contributed by atoms with Crippen LogP contribution in [0, 0.1) is 0 Å². The molecule has 0 spiro atoms. The quantitative estimate of drug-likeness (QED) is 0.473. The average Bonchev–Trinajstić information content (AvgIpc) is 2.50. The van der Waals surface area contributed by atoms with Gasteiger partial charge in [0.1, 0.15) is 0 Å². The molecule has 0 N–H and O–H groups in total. The minimum Gasteiger partial charge on any atom is -0.466 e. The first-order valence-corrected chi connectivity index (χ1v) is 6.47. The third-order valence-electron chi connectivity index (χ3n) is 2.49. The average molecular weight is 329 g/mol. The SMILES string of the molecule is CCOC(=O)C(=N/C(=C\C(=O)OC)c1ccccc1)C(F)(F)F. The smallest absolute Gasteiger partial charge is 0.440 e. The number of hydrogen-bond donors (Lipinski definition) is 0. The lowest BCUT2D eigenvalue weighted by Gasteiger charge is -2.11. The van der Waals surface area contributed by atoms with Crippen LogP contribution in [0.4, 0.5) is 13.2 Å². The predicted molar refractivity (Wildman–Crippen MR) is 76.6 cm³/mol. The van der Waals surface area contributed by atoms with Gasteiger partial charge in [0.05, 0.1) is 19.4 Å². The molecular formula is C15H14F3NO4. The molecule has 0 aromatic heterocycles. The maximum atomic E-state index is 13.0. The van der Waals surface area contributed by atoms with Crippen molar-refractivity contribution in [3.63, 3.8) is 0 Å². The van der Waals surface area contributed by atoms with E-state index in [1.165, 1.54) is 19.1 Å². The van der Waals surface area contributed by atoms with E-state index in [-0.39, 0.29) is 17.9 Å². The lowest BCUT2D eigenvalue weighted by Crippen LogP contribution is -2.33. The molecule has 0 aliphatic heterocycles. The standard InChI is InChI=1S/C15H14F3NO4/c1-3-23-14(21)13(15(16,17)18)19-11(9-12(20)22-2)10-7-5-4-6-8-10/h4-9H,3H2,1-2H3/b11-9-,19-13?. The molecule has 1 rings (SSSR count). The first-order chi connectivity index (χ1) is 10.8. The number of aliphatic imine (C=N–C) groups is 1. The number of alkyl halides is 3. The number of nitrogens with zero attached hydrogens (tertiary/aromatic N) is 1. The van der Waals surface area contributed by atoms with Crippen LogP contribution in [0.5, 0.6) is 0 Å². The van der Waals surface area contributed by atoms with Crippen LogP contribution < -0.4 is 0 Å². The van der Waals surface area contributed by atoms with Gasteiger partial charge in [0.15, 0.2) is 0 Å². The van der Waals surface area contributed by atoms with Gasteiger partial charge >= 0.3 is 18.1 Å². The van der Waals surface area contributed by atoms with Gasteiger partial charge < -0.3 is 9.47 Å². The Kier molecular flexibility index (Phi) is 6.49. The third-order valence-corrected chi connectivity index (χ3v) is 2.49. The van der Waals surface area contributed by atoms with Gasteiger partial charge in [-0.3, -0.25) is 0 Å². The Morgan fingerprint density at radius 3 is 2.30 bits per heavy atom. The maximum absolute atomic E-state index is 13.0. The van der Waals surface area contributed by atoms with E-state index in [0.29, 0.717) is 0 Å². The zero-order chi connectivity index (χ0) is 17.5. The minimum absolute atomic E-state index is 0.212. The van der Waals surface area contributed by atoms with E-state index in [1.807, 2.05) is 0 Å². The molecule has 0 atom stereocenters. The predicted octanol–water partition coefficient (Wildman–Crippen LogP) is 2.77. The van der Waals surface area contributed by atoms with E-state index in [4.69, 9.17) is 0 Å². The molecule has 0 unspecified atom stereocenters. The van der Waals surface area contributed by atoms with Crippen LogP contribution in [0.2, 0.25) is 0 Å². The summed E-state index contributed by atoms with van der Waals surface area (Å²) in [6, 6.07) is 7.62. The van der Waals surface area contributed by atoms with Crippen LogP contribution in [0.25, 0.3) is 5.70 Å². The molecule has 0 aliphatic carbocycles. The highest BCUT2D eigenvalue weighted by Gasteiger charge is 2.42. The molecule has 0 saturated carbocycles. The lowest BCUT2D eigenvalue weighted by molar-refractivity contribution is -0.139. The van der Waals surface area contributed by atoms with E-state index in [9.17, 15) is 22.8 Å². The van der Waals surface area contributed by atoms with Crippen LogP contribution in [-0.2, 0) is 19.1 Å². The Morgan fingerprint density at radius 2 is 1.83 bits per heavy atom. The van der Waals surface area contributed by atoms with Gasteiger partial charge in [-0.2, -0.15) is 13.2 Å². The van der Waals surface area contributed by atoms with Crippen molar-refractivity contribution < 1.29 is 32.2 Å². The summed E-state index contributed by atoms with van der Waals surface area (Å²) in [7, 11) is 1.07. The Morgan fingerprint density at radius 1 is 1.22 bits per heavy atom. The molecule has 1 aromatic rings. The number of carbonyl (C=O) groups excluding carboxylic acids is 2. The van der Waals surface area contributed by atoms with E-state index >= 15 is 0 Å². The van der Waals surface area contributed by atoms with Gasteiger partial charge in [0.25, 0.3) is 0 Å². The monoisotopic (exact) mass is 329 g/mol. The van der Waals surface area contributed by atoms with Gasteiger partial charge in [-0.25, -0.2) is 14.6 Å². The fourth-order valence-corrected chi connectivity index (χ4v) is 1.50. The minimum atomic E-state index is -5.03. The van der Waals surface area contributed by atoms with Crippen molar-refractivity contribution in [2.45, 2.75) is 13.1 Å². The second-order valence-corrected chi connectivity index (χ2v) is 4.10. The van der Waals surface area contributed by atoms with Gasteiger partial charge in [-0.05, 0) is 6.92 Å². The van der Waals surface area contributed by atoms with Crippen LogP contribution in [0.15, 0.2) is 41.4 Å². The number of carbonyl (C=O) groups is 2. The normalized spacial score (nSPS) is 12.7. The molecular weight excluding hydrogens is 315 g/mol.